The van der Waals surface area contributed by atoms with Gasteiger partial charge >= 0.3 is 23.9 Å². The number of rotatable bonds is 9. The summed E-state index contributed by atoms with van der Waals surface area (Å²) >= 11 is 0. The maximum absolute atomic E-state index is 12.9. The molecule has 1 aromatic carbocycles. The normalized spacial score (nSPS) is 13.2. The summed E-state index contributed by atoms with van der Waals surface area (Å²) in [6.07, 6.45) is -4.66. The van der Waals surface area contributed by atoms with E-state index in [1.807, 2.05) is 0 Å². The Morgan fingerprint density at radius 3 is 1.97 bits per heavy atom. The van der Waals surface area contributed by atoms with E-state index < -0.39 is 60.3 Å². The average molecular weight is 543 g/mol. The van der Waals surface area contributed by atoms with E-state index in [2.05, 4.69) is 10.2 Å². The van der Waals surface area contributed by atoms with Gasteiger partial charge in [-0.25, -0.2) is 4.57 Å². The Bertz CT molecular complexity index is 1480. The second kappa shape index (κ2) is 12.1. The molecule has 3 aromatic rings. The molecule has 0 unspecified atom stereocenters. The molecule has 0 amide bonds. The minimum Gasteiger partial charge on any atom is -0.462 e. The third-order valence-electron chi connectivity index (χ3n) is 5.26. The first-order valence-electron chi connectivity index (χ1n) is 11.6. The van der Waals surface area contributed by atoms with Crippen molar-refractivity contribution >= 4 is 35.6 Å². The Balaban J connectivity index is 2.36. The average Bonchev–Trinajstić information content (AvgIpc) is 3.27. The molecule has 206 valence electrons. The quantitative estimate of drug-likeness (QED) is 0.280. The van der Waals surface area contributed by atoms with Crippen molar-refractivity contribution in [2.75, 3.05) is 6.61 Å². The molecule has 2 aromatic heterocycles. The van der Waals surface area contributed by atoms with Crippen molar-refractivity contribution in [3.8, 4) is 11.3 Å². The van der Waals surface area contributed by atoms with Gasteiger partial charge in [-0.15, -0.1) is 10.2 Å². The molecule has 0 saturated heterocycles. The first-order valence-corrected chi connectivity index (χ1v) is 11.6. The van der Waals surface area contributed by atoms with Gasteiger partial charge in [-0.2, -0.15) is 0 Å². The van der Waals surface area contributed by atoms with Crippen LogP contribution in [0.15, 0.2) is 41.2 Å². The molecule has 0 saturated carbocycles. The van der Waals surface area contributed by atoms with Crippen molar-refractivity contribution in [2.45, 2.75) is 52.9 Å². The van der Waals surface area contributed by atoms with Crippen LogP contribution < -0.4 is 5.56 Å². The number of carbonyl (C=O) groups excluding carboxylic acids is 5. The summed E-state index contributed by atoms with van der Waals surface area (Å²) in [5.74, 6) is -4.29. The lowest BCUT2D eigenvalue weighted by Crippen LogP contribution is -2.44. The van der Waals surface area contributed by atoms with Crippen LogP contribution in [0.25, 0.3) is 17.0 Å². The lowest BCUT2D eigenvalue weighted by Gasteiger charge is -2.31. The van der Waals surface area contributed by atoms with Crippen molar-refractivity contribution in [3.05, 3.63) is 52.6 Å². The molecule has 3 atom stereocenters. The minimum atomic E-state index is -1.61. The molecular formula is C25H26N4O10. The lowest BCUT2D eigenvalue weighted by atomic mass is 10.1. The third-order valence-corrected chi connectivity index (χ3v) is 5.26. The molecule has 39 heavy (non-hydrogen) atoms. The van der Waals surface area contributed by atoms with E-state index in [0.717, 1.165) is 39.2 Å². The summed E-state index contributed by atoms with van der Waals surface area (Å²) in [7, 11) is 0. The third kappa shape index (κ3) is 6.71. The minimum absolute atomic E-state index is 0.180. The molecule has 0 radical (unpaired) electrons. The van der Waals surface area contributed by atoms with Crippen molar-refractivity contribution in [2.24, 2.45) is 0 Å². The molecule has 0 aliphatic rings. The summed E-state index contributed by atoms with van der Waals surface area (Å²) in [6, 6.07) is 9.71. The SMILES string of the molecule is CC(=O)OC[C@@H](OC(C)=O)[C@H](OC(C)=O)[C@@H](OC(C)=O)c1nnc2n(C(C)=O)c(=O)cc(-c3ccccc3)n12. The number of hydrogen-bond donors (Lipinski definition) is 0. The Morgan fingerprint density at radius 2 is 1.44 bits per heavy atom. The zero-order valence-corrected chi connectivity index (χ0v) is 21.8. The molecule has 0 spiro atoms. The van der Waals surface area contributed by atoms with Crippen molar-refractivity contribution < 1.29 is 42.9 Å². The number of aromatic nitrogens is 4. The van der Waals surface area contributed by atoms with Crippen LogP contribution in [-0.4, -0.2) is 67.8 Å². The van der Waals surface area contributed by atoms with Crippen molar-refractivity contribution in [1.82, 2.24) is 19.2 Å². The maximum atomic E-state index is 12.9. The van der Waals surface area contributed by atoms with Crippen LogP contribution in [0.4, 0.5) is 0 Å². The van der Waals surface area contributed by atoms with Crippen molar-refractivity contribution in [3.63, 3.8) is 0 Å². The number of benzene rings is 1. The first kappa shape index (κ1) is 28.7. The fourth-order valence-electron chi connectivity index (χ4n) is 3.89. The topological polar surface area (TPSA) is 174 Å². The molecule has 14 heteroatoms. The van der Waals surface area contributed by atoms with Gasteiger partial charge in [0.15, 0.2) is 18.0 Å². The molecule has 2 heterocycles. The highest BCUT2D eigenvalue weighted by atomic mass is 16.6. The highest BCUT2D eigenvalue weighted by Crippen LogP contribution is 2.30. The van der Waals surface area contributed by atoms with E-state index in [4.69, 9.17) is 18.9 Å². The van der Waals surface area contributed by atoms with Gasteiger partial charge in [0.2, 0.25) is 17.8 Å². The predicted molar refractivity (Wildman–Crippen MR) is 131 cm³/mol. The number of fused-ring (bicyclic) bond motifs is 1. The summed E-state index contributed by atoms with van der Waals surface area (Å²) < 4.78 is 23.3. The smallest absolute Gasteiger partial charge is 0.303 e. The van der Waals surface area contributed by atoms with Crippen LogP contribution in [-0.2, 0) is 38.1 Å². The number of carbonyl (C=O) groups is 5. The van der Waals surface area contributed by atoms with E-state index in [0.29, 0.717) is 5.56 Å². The Morgan fingerprint density at radius 1 is 0.821 bits per heavy atom. The molecule has 0 aliphatic carbocycles. The van der Waals surface area contributed by atoms with E-state index in [-0.39, 0.29) is 17.3 Å². The highest BCUT2D eigenvalue weighted by molar-refractivity contribution is 5.80. The lowest BCUT2D eigenvalue weighted by molar-refractivity contribution is -0.190. The fraction of sp³-hybridized carbons (Fsp3) is 0.360. The molecule has 3 rings (SSSR count). The van der Waals surface area contributed by atoms with Gasteiger partial charge in [-0.05, 0) is 5.56 Å². The molecule has 14 nitrogen and oxygen atoms in total. The molecule has 0 aliphatic heterocycles. The van der Waals surface area contributed by atoms with Gasteiger partial charge in [0.25, 0.3) is 5.56 Å². The monoisotopic (exact) mass is 542 g/mol. The van der Waals surface area contributed by atoms with Crippen LogP contribution >= 0.6 is 0 Å². The second-order valence-electron chi connectivity index (χ2n) is 8.34. The number of ether oxygens (including phenoxy) is 4. The maximum Gasteiger partial charge on any atom is 0.303 e. The molecular weight excluding hydrogens is 516 g/mol. The predicted octanol–water partition coefficient (Wildman–Crippen LogP) is 1.25. The van der Waals surface area contributed by atoms with Crippen LogP contribution in [0.1, 0.15) is 51.3 Å². The Labute approximate surface area is 221 Å². The molecule has 0 bridgehead atoms. The Hall–Kier alpha value is -4.88. The second-order valence-corrected chi connectivity index (χ2v) is 8.34. The van der Waals surface area contributed by atoms with Gasteiger partial charge in [0.05, 0.1) is 5.69 Å². The number of hydrogen-bond acceptors (Lipinski definition) is 12. The zero-order valence-electron chi connectivity index (χ0n) is 21.8. The van der Waals surface area contributed by atoms with E-state index in [1.165, 1.54) is 10.5 Å². The standard InChI is InChI=1S/C25H26N4O10/c1-13(30)28-21(35)11-19(18-9-7-6-8-10-18)29-24(26-27-25(28)29)23(39-17(5)34)22(38-16(4)33)20(37-15(3)32)12-36-14(2)31/h6-11,20,22-23H,12H2,1-5H3/t20-,22+,23-/m1/s1. The van der Waals surface area contributed by atoms with Crippen molar-refractivity contribution in [1.29, 1.82) is 0 Å². The summed E-state index contributed by atoms with van der Waals surface area (Å²) in [5, 5.41) is 8.09. The van der Waals surface area contributed by atoms with Gasteiger partial charge in [0, 0.05) is 40.7 Å². The zero-order chi connectivity index (χ0) is 28.9. The van der Waals surface area contributed by atoms with E-state index in [9.17, 15) is 28.8 Å². The number of nitrogens with zero attached hydrogens (tertiary/aromatic N) is 4. The van der Waals surface area contributed by atoms with Gasteiger partial charge in [-0.3, -0.25) is 33.2 Å². The highest BCUT2D eigenvalue weighted by Gasteiger charge is 2.42. The van der Waals surface area contributed by atoms with E-state index in [1.54, 1.807) is 30.3 Å². The number of esters is 4. The van der Waals surface area contributed by atoms with Gasteiger partial charge < -0.3 is 18.9 Å². The first-order chi connectivity index (χ1) is 18.4. The fourth-order valence-corrected chi connectivity index (χ4v) is 3.89. The van der Waals surface area contributed by atoms with Crippen LogP contribution in [0.2, 0.25) is 0 Å². The molecule has 0 fully saturated rings. The van der Waals surface area contributed by atoms with Crippen LogP contribution in [0.5, 0.6) is 0 Å². The van der Waals surface area contributed by atoms with Crippen LogP contribution in [0.3, 0.4) is 0 Å². The largest absolute Gasteiger partial charge is 0.462 e. The Kier molecular flexibility index (Phi) is 8.91. The van der Waals surface area contributed by atoms with Gasteiger partial charge in [-0.1, -0.05) is 30.3 Å². The summed E-state index contributed by atoms with van der Waals surface area (Å²) in [4.78, 5) is 73.1. The van der Waals surface area contributed by atoms with Crippen LogP contribution in [0, 0.1) is 0 Å². The summed E-state index contributed by atoms with van der Waals surface area (Å²) in [5.41, 5.74) is 0.0373. The van der Waals surface area contributed by atoms with E-state index >= 15 is 0 Å². The summed E-state index contributed by atoms with van der Waals surface area (Å²) in [6.45, 7) is 4.94. The molecule has 0 N–H and O–H groups in total. The van der Waals surface area contributed by atoms with Gasteiger partial charge in [0.1, 0.15) is 6.61 Å².